The van der Waals surface area contributed by atoms with E-state index < -0.39 is 82.9 Å². The minimum absolute atomic E-state index is 0.0363. The van der Waals surface area contributed by atoms with Crippen LogP contribution in [0.3, 0.4) is 0 Å². The summed E-state index contributed by atoms with van der Waals surface area (Å²) >= 11 is 0. The highest BCUT2D eigenvalue weighted by Crippen LogP contribution is 2.13. The molecular weight excluding hydrogens is 434 g/mol. The van der Waals surface area contributed by atoms with E-state index >= 15 is 0 Å². The van der Waals surface area contributed by atoms with Gasteiger partial charge in [-0.3, -0.25) is 38.0 Å². The van der Waals surface area contributed by atoms with Gasteiger partial charge in [-0.25, -0.2) is 9.59 Å². The Kier molecular flexibility index (Phi) is 4.72. The topological polar surface area (TPSA) is 183 Å². The van der Waals surface area contributed by atoms with Crippen molar-refractivity contribution in [1.82, 2.24) is 18.3 Å². The van der Waals surface area contributed by atoms with Crippen molar-refractivity contribution >= 4 is 17.3 Å². The maximum absolute atomic E-state index is 12.4. The summed E-state index contributed by atoms with van der Waals surface area (Å²) in [5.41, 5.74) is 3.97. The van der Waals surface area contributed by atoms with Crippen LogP contribution in [0.4, 0.5) is 17.3 Å². The van der Waals surface area contributed by atoms with Crippen LogP contribution in [-0.4, -0.2) is 23.2 Å². The van der Waals surface area contributed by atoms with E-state index in [2.05, 4.69) is 0 Å². The number of nitrogen functional groups attached to an aromatic ring is 2. The highest BCUT2D eigenvalue weighted by molar-refractivity contribution is 5.50. The van der Waals surface area contributed by atoms with Gasteiger partial charge in [0.1, 0.15) is 5.82 Å². The van der Waals surface area contributed by atoms with Crippen LogP contribution in [0.1, 0.15) is 72.3 Å². The molecule has 2 heterocycles. The van der Waals surface area contributed by atoms with Crippen LogP contribution in [0.15, 0.2) is 25.2 Å². The molecule has 0 spiro atoms. The second-order valence-electron chi connectivity index (χ2n) is 6.22. The zero-order valence-electron chi connectivity index (χ0n) is 31.7. The average Bonchev–Trinajstić information content (AvgIpc) is 2.87. The molecule has 0 atom stereocenters. The number of anilines is 2. The highest BCUT2D eigenvalue weighted by atomic mass is 16.6. The van der Waals surface area contributed by atoms with Gasteiger partial charge in [0.25, 0.3) is 5.56 Å². The molecule has 0 aliphatic heterocycles. The van der Waals surface area contributed by atoms with Crippen LogP contribution in [0.25, 0.3) is 0 Å². The first-order valence-electron chi connectivity index (χ1n) is 16.3. The highest BCUT2D eigenvalue weighted by Gasteiger charge is 2.25. The molecule has 0 bridgehead atoms. The molecular formula is C20H33N7O6. The Morgan fingerprint density at radius 1 is 0.939 bits per heavy atom. The van der Waals surface area contributed by atoms with Gasteiger partial charge in [-0.15, -0.1) is 0 Å². The molecule has 0 fully saturated rings. The van der Waals surface area contributed by atoms with E-state index in [1.807, 2.05) is 0 Å². The Hall–Kier alpha value is -3.64. The molecule has 0 unspecified atom stereocenters. The second-order valence-corrected chi connectivity index (χ2v) is 6.22. The fourth-order valence-corrected chi connectivity index (χ4v) is 2.62. The Balaban J connectivity index is 0.000000474. The molecule has 2 aromatic rings. The monoisotopic (exact) mass is 481 g/mol. The molecule has 2 rings (SSSR count). The van der Waals surface area contributed by atoms with Gasteiger partial charge in [0.05, 0.1) is 10.4 Å². The molecule has 33 heavy (non-hydrogen) atoms. The largest absolute Gasteiger partial charge is 0.385 e. The van der Waals surface area contributed by atoms with Crippen LogP contribution >= 0.6 is 0 Å². The Bertz CT molecular complexity index is 1740. The molecule has 0 aliphatic rings. The van der Waals surface area contributed by atoms with Gasteiger partial charge in [0, 0.05) is 45.9 Å². The van der Waals surface area contributed by atoms with Crippen molar-refractivity contribution in [2.75, 3.05) is 11.5 Å². The summed E-state index contributed by atoms with van der Waals surface area (Å²) in [4.78, 5) is 58.8. The van der Waals surface area contributed by atoms with Crippen molar-refractivity contribution in [3.05, 3.63) is 57.9 Å². The normalized spacial score (nSPS) is 19.3. The number of hydrogen-bond acceptors (Lipinski definition) is 8. The van der Waals surface area contributed by atoms with E-state index in [1.54, 1.807) is 13.8 Å². The minimum Gasteiger partial charge on any atom is -0.385 e. The fraction of sp³-hybridized carbons (Fsp3) is 0.600. The van der Waals surface area contributed by atoms with Gasteiger partial charge in [-0.2, -0.15) is 0 Å². The molecule has 184 valence electrons. The third-order valence-corrected chi connectivity index (χ3v) is 4.00. The molecule has 13 nitrogen and oxygen atoms in total. The van der Waals surface area contributed by atoms with Crippen LogP contribution < -0.4 is 34.0 Å². The number of nitrogens with zero attached hydrogens (tertiary/aromatic N) is 5. The first kappa shape index (κ1) is 12.6. The van der Waals surface area contributed by atoms with Crippen LogP contribution in [0.2, 0.25) is 0 Å². The predicted octanol–water partition coefficient (Wildman–Crippen LogP) is 0.733. The van der Waals surface area contributed by atoms with E-state index in [0.717, 1.165) is 10.6 Å². The smallest absolute Gasteiger partial charge is 0.374 e. The zero-order valence-corrected chi connectivity index (χ0v) is 17.7. The van der Waals surface area contributed by atoms with Gasteiger partial charge < -0.3 is 11.5 Å². The molecule has 13 heteroatoms. The maximum Gasteiger partial charge on any atom is 0.374 e. The lowest BCUT2D eigenvalue weighted by molar-refractivity contribution is -0.386. The third-order valence-electron chi connectivity index (χ3n) is 4.00. The number of hydrogen-bond donors (Lipinski definition) is 2. The first-order chi connectivity index (χ1) is 20.9. The molecule has 2 aromatic heterocycles. The molecule has 0 saturated carbocycles. The Morgan fingerprint density at radius 2 is 1.45 bits per heavy atom. The first-order valence-corrected chi connectivity index (χ1v) is 9.34. The van der Waals surface area contributed by atoms with Crippen LogP contribution in [-0.2, 0) is 26.1 Å². The van der Waals surface area contributed by atoms with Crippen molar-refractivity contribution in [2.45, 2.75) is 79.2 Å². The van der Waals surface area contributed by atoms with E-state index in [-0.39, 0.29) is 29.9 Å². The number of nitrogens with two attached hydrogens (primary N) is 2. The van der Waals surface area contributed by atoms with Crippen molar-refractivity contribution in [2.24, 2.45) is 0 Å². The van der Waals surface area contributed by atoms with E-state index in [9.17, 15) is 29.3 Å². The van der Waals surface area contributed by atoms with Crippen LogP contribution in [0, 0.1) is 10.1 Å². The van der Waals surface area contributed by atoms with Gasteiger partial charge in [-0.05, 0) is 25.6 Å². The zero-order chi connectivity index (χ0) is 37.5. The number of aromatic nitrogens is 4. The minimum atomic E-state index is -3.71. The lowest BCUT2D eigenvalue weighted by atomic mass is 10.4. The van der Waals surface area contributed by atoms with Crippen molar-refractivity contribution in [3.8, 4) is 0 Å². The molecule has 0 saturated heterocycles. The van der Waals surface area contributed by atoms with Crippen LogP contribution in [0.5, 0.6) is 0 Å². The maximum atomic E-state index is 12.4. The lowest BCUT2D eigenvalue weighted by Crippen LogP contribution is -2.42. The summed E-state index contributed by atoms with van der Waals surface area (Å²) in [6.45, 7) is -10.9. The molecule has 0 amide bonds. The quantitative estimate of drug-likeness (QED) is 0.388. The van der Waals surface area contributed by atoms with Crippen molar-refractivity contribution in [1.29, 1.82) is 0 Å². The number of nitro groups is 1. The lowest BCUT2D eigenvalue weighted by Gasteiger charge is -2.11. The molecule has 4 N–H and O–H groups in total. The Morgan fingerprint density at radius 3 is 1.97 bits per heavy atom. The van der Waals surface area contributed by atoms with Crippen molar-refractivity contribution < 1.29 is 24.1 Å². The summed E-state index contributed by atoms with van der Waals surface area (Å²) in [7, 11) is 0. The fourth-order valence-electron chi connectivity index (χ4n) is 2.62. The standard InChI is InChI=1S/C10H16N4O4.C10H17N3O2/c1-3-5-12-8(11)7(14(17)18)9(15)13(6-4-2)10(12)16;1-3-5-12-8(11)7-9(14)13(6-4-2)10(12)15/h3-6,11H2,1-2H3;7H,3-6,11H2,1-2H3/i2*2D3,4D2,6D2. The molecule has 0 aliphatic carbocycles. The summed E-state index contributed by atoms with van der Waals surface area (Å²) in [6, 6.07) is 0.768. The molecule has 0 radical (unpaired) electrons. The Labute approximate surface area is 209 Å². The average molecular weight is 482 g/mol. The van der Waals surface area contributed by atoms with E-state index in [0.29, 0.717) is 11.0 Å². The number of rotatable bonds is 9. The second kappa shape index (κ2) is 12.4. The van der Waals surface area contributed by atoms with E-state index in [4.69, 9.17) is 30.7 Å². The van der Waals surface area contributed by atoms with Gasteiger partial charge in [-0.1, -0.05) is 27.6 Å². The van der Waals surface area contributed by atoms with Gasteiger partial charge >= 0.3 is 22.6 Å². The predicted molar refractivity (Wildman–Crippen MR) is 127 cm³/mol. The van der Waals surface area contributed by atoms with Gasteiger partial charge in [0.15, 0.2) is 5.82 Å². The summed E-state index contributed by atoms with van der Waals surface area (Å²) in [5.74, 6) is -1.01. The van der Waals surface area contributed by atoms with Crippen molar-refractivity contribution in [3.63, 3.8) is 0 Å². The SMILES string of the molecule is [2H]C([2H])([2H])C([2H])([2H])C([2H])([2H])n1c(=O)c([N+](=O)[O-])c(N)n(CCC)c1=O.[2H]C([2H])([2H])C([2H])([2H])C([2H])([2H])n1c(=O)cc(N)n(CCC)c1=O. The molecule has 0 aromatic carbocycles. The summed E-state index contributed by atoms with van der Waals surface area (Å²) in [6.07, 6.45) is -6.47. The summed E-state index contributed by atoms with van der Waals surface area (Å²) < 4.78 is 105. The summed E-state index contributed by atoms with van der Waals surface area (Å²) in [5, 5.41) is 11.1. The third kappa shape index (κ3) is 6.20. The van der Waals surface area contributed by atoms with Gasteiger partial charge in [0.2, 0.25) is 0 Å². The van der Waals surface area contributed by atoms with E-state index in [1.165, 1.54) is 0 Å².